The molecular formula is C38H44N2O11. The maximum absolute atomic E-state index is 13.4. The van der Waals surface area contributed by atoms with E-state index in [1.54, 1.807) is 13.0 Å². The molecule has 1 aliphatic heterocycles. The van der Waals surface area contributed by atoms with Crippen molar-refractivity contribution in [1.29, 1.82) is 0 Å². The van der Waals surface area contributed by atoms with Crippen molar-refractivity contribution in [3.63, 3.8) is 0 Å². The molecule has 272 valence electrons. The minimum atomic E-state index is -2.21. The summed E-state index contributed by atoms with van der Waals surface area (Å²) in [5.41, 5.74) is -0.271. The molecule has 3 aromatic heterocycles. The fraction of sp³-hybridized carbons (Fsp3) is 0.447. The predicted molar refractivity (Wildman–Crippen MR) is 186 cm³/mol. The number of aromatic amines is 1. The Morgan fingerprint density at radius 3 is 2.55 bits per heavy atom. The Kier molecular flexibility index (Phi) is 9.48. The van der Waals surface area contributed by atoms with Gasteiger partial charge >= 0.3 is 0 Å². The molecule has 2 aliphatic rings. The van der Waals surface area contributed by atoms with Gasteiger partial charge in [0.25, 0.3) is 0 Å². The molecule has 7 N–H and O–H groups in total. The Balaban J connectivity index is 1.25. The number of nitrogens with zero attached hydrogens (tertiary/aromatic N) is 1. The lowest BCUT2D eigenvalue weighted by atomic mass is 9.78. The second-order valence-electron chi connectivity index (χ2n) is 14.3. The monoisotopic (exact) mass is 704 g/mol. The van der Waals surface area contributed by atoms with Gasteiger partial charge in [-0.25, -0.2) is 9.78 Å². The first-order valence-electron chi connectivity index (χ1n) is 17.3. The number of rotatable bonds is 12. The Morgan fingerprint density at radius 1 is 1.10 bits per heavy atom. The van der Waals surface area contributed by atoms with E-state index in [9.17, 15) is 35.4 Å². The summed E-state index contributed by atoms with van der Waals surface area (Å²) in [6.45, 7) is 2.21. The van der Waals surface area contributed by atoms with Gasteiger partial charge in [0.2, 0.25) is 0 Å². The van der Waals surface area contributed by atoms with Crippen LogP contribution in [0.1, 0.15) is 49.5 Å². The molecule has 5 aromatic rings. The number of aromatic hydroxyl groups is 1. The van der Waals surface area contributed by atoms with Gasteiger partial charge < -0.3 is 49.3 Å². The lowest BCUT2D eigenvalue weighted by molar-refractivity contribution is -0.374. The maximum atomic E-state index is 13.4. The highest BCUT2D eigenvalue weighted by Crippen LogP contribution is 2.49. The average molecular weight is 705 g/mol. The summed E-state index contributed by atoms with van der Waals surface area (Å²) >= 11 is 0. The first-order chi connectivity index (χ1) is 24.4. The highest BCUT2D eigenvalue weighted by molar-refractivity contribution is 5.91. The van der Waals surface area contributed by atoms with Crippen molar-refractivity contribution in [3.05, 3.63) is 88.2 Å². The number of aliphatic hydroxyl groups is 5. The van der Waals surface area contributed by atoms with E-state index in [0.29, 0.717) is 39.3 Å². The number of benzene rings is 2. The number of aryl methyl sites for hydroxylation is 1. The van der Waals surface area contributed by atoms with Crippen LogP contribution in [0, 0.1) is 12.8 Å². The zero-order valence-corrected chi connectivity index (χ0v) is 28.5. The summed E-state index contributed by atoms with van der Waals surface area (Å²) in [6, 6.07) is 11.1. The standard InChI is InChI=1S/C38H44N2O11/c1-21-13-29(43)27-14-24-15-31(51-48-20-38(47,36(46)33(45)30(44)19-41)16-22-7-9-26(42)10-8-22)37(2,25-5-3-4-6-25)50-34(24)32(35(27)49-21)40-17-23-11-12-39-28(23)18-40/h7-14,17-18,25,30-31,33,36,39,41-42,44-47H,3-6,15-16,19-20H2,1-2H3. The van der Waals surface area contributed by atoms with Gasteiger partial charge in [-0.3, -0.25) is 4.79 Å². The summed E-state index contributed by atoms with van der Waals surface area (Å²) in [4.78, 5) is 28.5. The Hall–Kier alpha value is -4.21. The lowest BCUT2D eigenvalue weighted by Gasteiger charge is -2.46. The molecule has 1 aliphatic carbocycles. The second kappa shape index (κ2) is 13.7. The number of nitrogens with one attached hydrogen (secondary N) is 1. The van der Waals surface area contributed by atoms with Crippen LogP contribution in [0.15, 0.2) is 70.3 Å². The summed E-state index contributed by atoms with van der Waals surface area (Å²) in [7, 11) is 0. The summed E-state index contributed by atoms with van der Waals surface area (Å²) in [6.07, 6.45) is 3.16. The van der Waals surface area contributed by atoms with Gasteiger partial charge in [0, 0.05) is 54.4 Å². The SMILES string of the molecule is Cc1cc(=O)c2cc3c(c(-n4cc5cc[nH]c5c4)c2o1)OC(C)(C1CCCC1)C(OOCC(O)(Cc1ccc(O)cc1)C(O)C(O)C(O)CO)C3. The fourth-order valence-corrected chi connectivity index (χ4v) is 7.73. The van der Waals surface area contributed by atoms with Gasteiger partial charge in [-0.1, -0.05) is 25.0 Å². The van der Waals surface area contributed by atoms with Crippen LogP contribution >= 0.6 is 0 Å². The predicted octanol–water partition coefficient (Wildman–Crippen LogP) is 3.33. The molecule has 0 radical (unpaired) electrons. The number of aromatic nitrogens is 2. The fourth-order valence-electron chi connectivity index (χ4n) is 7.73. The number of aliphatic hydroxyl groups excluding tert-OH is 4. The van der Waals surface area contributed by atoms with Crippen molar-refractivity contribution in [2.75, 3.05) is 13.2 Å². The van der Waals surface area contributed by atoms with Crippen molar-refractivity contribution in [1.82, 2.24) is 9.55 Å². The summed E-state index contributed by atoms with van der Waals surface area (Å²) in [5, 5.41) is 64.1. The molecular weight excluding hydrogens is 660 g/mol. The molecule has 0 bridgehead atoms. The minimum absolute atomic E-state index is 0.000148. The number of H-pyrrole nitrogens is 1. The van der Waals surface area contributed by atoms with Gasteiger partial charge in [-0.15, -0.1) is 0 Å². The van der Waals surface area contributed by atoms with Crippen LogP contribution < -0.4 is 10.2 Å². The van der Waals surface area contributed by atoms with Crippen LogP contribution in [0.3, 0.4) is 0 Å². The Labute approximate surface area is 293 Å². The second-order valence-corrected chi connectivity index (χ2v) is 14.3. The number of hydrogen-bond acceptors (Lipinski definition) is 11. The smallest absolute Gasteiger partial charge is 0.193 e. The van der Waals surface area contributed by atoms with Crippen molar-refractivity contribution in [3.8, 4) is 17.2 Å². The first-order valence-corrected chi connectivity index (χ1v) is 17.3. The van der Waals surface area contributed by atoms with Gasteiger partial charge in [0.1, 0.15) is 59.4 Å². The van der Waals surface area contributed by atoms with Crippen LogP contribution in [-0.2, 0) is 22.6 Å². The number of phenols is 1. The van der Waals surface area contributed by atoms with Crippen molar-refractivity contribution in [2.45, 2.75) is 88.0 Å². The molecule has 0 amide bonds. The third-order valence-corrected chi connectivity index (χ3v) is 10.7. The molecule has 0 spiro atoms. The quantitative estimate of drug-likeness (QED) is 0.0743. The molecule has 7 rings (SSSR count). The number of ether oxygens (including phenoxy) is 1. The molecule has 0 saturated heterocycles. The van der Waals surface area contributed by atoms with Crippen LogP contribution in [0.25, 0.3) is 27.6 Å². The number of phenolic OH excluding ortho intramolecular Hbond substituents is 1. The van der Waals surface area contributed by atoms with Gasteiger partial charge in [0.05, 0.1) is 17.5 Å². The molecule has 2 aromatic carbocycles. The summed E-state index contributed by atoms with van der Waals surface area (Å²) < 4.78 is 15.2. The first kappa shape index (κ1) is 35.2. The van der Waals surface area contributed by atoms with Gasteiger partial charge in [0.15, 0.2) is 16.8 Å². The molecule has 6 unspecified atom stereocenters. The van der Waals surface area contributed by atoms with E-state index in [1.165, 1.54) is 30.3 Å². The van der Waals surface area contributed by atoms with Crippen LogP contribution in [0.5, 0.6) is 11.5 Å². The third-order valence-electron chi connectivity index (χ3n) is 10.7. The molecule has 6 atom stereocenters. The zero-order chi connectivity index (χ0) is 36.1. The normalized spacial score (nSPS) is 22.5. The van der Waals surface area contributed by atoms with E-state index in [1.807, 2.05) is 36.1 Å². The van der Waals surface area contributed by atoms with E-state index < -0.39 is 48.8 Å². The van der Waals surface area contributed by atoms with E-state index >= 15 is 0 Å². The van der Waals surface area contributed by atoms with E-state index in [4.69, 9.17) is 18.9 Å². The molecule has 1 saturated carbocycles. The molecule has 13 heteroatoms. The van der Waals surface area contributed by atoms with Gasteiger partial charge in [-0.05, 0) is 56.5 Å². The van der Waals surface area contributed by atoms with Crippen molar-refractivity contribution in [2.24, 2.45) is 5.92 Å². The van der Waals surface area contributed by atoms with Crippen LogP contribution in [-0.4, -0.2) is 89.0 Å². The molecule has 4 heterocycles. The highest BCUT2D eigenvalue weighted by Gasteiger charge is 2.51. The summed E-state index contributed by atoms with van der Waals surface area (Å²) in [5.74, 6) is 1.09. The largest absolute Gasteiger partial charge is 0.508 e. The van der Waals surface area contributed by atoms with Gasteiger partial charge in [-0.2, -0.15) is 0 Å². The molecule has 1 fully saturated rings. The average Bonchev–Trinajstić information content (AvgIpc) is 3.88. The highest BCUT2D eigenvalue weighted by atomic mass is 17.2. The van der Waals surface area contributed by atoms with Crippen LogP contribution in [0.4, 0.5) is 0 Å². The van der Waals surface area contributed by atoms with E-state index in [0.717, 1.165) is 36.6 Å². The number of hydrogen-bond donors (Lipinski definition) is 7. The van der Waals surface area contributed by atoms with Crippen molar-refractivity contribution < 1.29 is 49.6 Å². The van der Waals surface area contributed by atoms with Crippen molar-refractivity contribution >= 4 is 21.9 Å². The van der Waals surface area contributed by atoms with E-state index in [-0.39, 0.29) is 29.9 Å². The van der Waals surface area contributed by atoms with E-state index in [2.05, 4.69) is 4.98 Å². The maximum Gasteiger partial charge on any atom is 0.193 e. The minimum Gasteiger partial charge on any atom is -0.508 e. The van der Waals surface area contributed by atoms with Crippen LogP contribution in [0.2, 0.25) is 0 Å². The Bertz CT molecular complexity index is 2040. The lowest BCUT2D eigenvalue weighted by Crippen LogP contribution is -2.58. The molecule has 51 heavy (non-hydrogen) atoms. The zero-order valence-electron chi connectivity index (χ0n) is 28.5. The third kappa shape index (κ3) is 6.55. The number of fused-ring (bicyclic) bond motifs is 3. The topological polar surface area (TPSA) is 200 Å². The Morgan fingerprint density at radius 2 is 1.84 bits per heavy atom. The molecule has 13 nitrogen and oxygen atoms in total.